The van der Waals surface area contributed by atoms with Crippen LogP contribution in [0.25, 0.3) is 11.4 Å². The van der Waals surface area contributed by atoms with Crippen molar-refractivity contribution in [3.63, 3.8) is 0 Å². The van der Waals surface area contributed by atoms with Gasteiger partial charge in [-0.3, -0.25) is 14.3 Å². The Balaban J connectivity index is 1.73. The van der Waals surface area contributed by atoms with Crippen LogP contribution in [-0.2, 0) is 4.79 Å². The Bertz CT molecular complexity index is 668. The molecule has 1 N–H and O–H groups in total. The van der Waals surface area contributed by atoms with Crippen LogP contribution in [0.3, 0.4) is 0 Å². The van der Waals surface area contributed by atoms with Crippen molar-refractivity contribution in [3.05, 3.63) is 24.5 Å². The number of carbonyl (C=O) groups excluding carboxylic acids is 1. The van der Waals surface area contributed by atoms with Crippen LogP contribution in [0.5, 0.6) is 0 Å². The number of aromatic nitrogens is 4. The van der Waals surface area contributed by atoms with E-state index in [0.29, 0.717) is 11.8 Å². The van der Waals surface area contributed by atoms with Gasteiger partial charge in [-0.1, -0.05) is 18.7 Å². The zero-order valence-corrected chi connectivity index (χ0v) is 14.2. The molecule has 2 aromatic rings. The first kappa shape index (κ1) is 16.0. The Labute approximate surface area is 140 Å². The molecule has 3 rings (SSSR count). The summed E-state index contributed by atoms with van der Waals surface area (Å²) in [5.41, 5.74) is 0.961. The molecule has 0 radical (unpaired) electrons. The number of hydrogen-bond donors (Lipinski definition) is 1. The monoisotopic (exact) mass is 331 g/mol. The van der Waals surface area contributed by atoms with Crippen molar-refractivity contribution >= 4 is 17.7 Å². The highest BCUT2D eigenvalue weighted by atomic mass is 32.2. The van der Waals surface area contributed by atoms with Crippen LogP contribution >= 0.6 is 11.8 Å². The van der Waals surface area contributed by atoms with Crippen molar-refractivity contribution in [2.24, 2.45) is 0 Å². The average Bonchev–Trinajstić information content (AvgIpc) is 3.33. The van der Waals surface area contributed by atoms with Crippen LogP contribution in [0.1, 0.15) is 39.2 Å². The number of nitrogens with one attached hydrogen (secondary N) is 1. The third-order valence-corrected chi connectivity index (χ3v) is 4.79. The van der Waals surface area contributed by atoms with Gasteiger partial charge < -0.3 is 5.32 Å². The maximum atomic E-state index is 12.0. The molecule has 1 aliphatic carbocycles. The Morgan fingerprint density at radius 2 is 2.30 bits per heavy atom. The lowest BCUT2D eigenvalue weighted by Crippen LogP contribution is -2.33. The van der Waals surface area contributed by atoms with Gasteiger partial charge in [0, 0.05) is 30.0 Å². The molecule has 1 amide bonds. The average molecular weight is 331 g/mol. The van der Waals surface area contributed by atoms with Gasteiger partial charge in [-0.2, -0.15) is 0 Å². The number of nitrogens with zero attached hydrogens (tertiary/aromatic N) is 4. The zero-order valence-electron chi connectivity index (χ0n) is 13.4. The molecule has 2 aromatic heterocycles. The van der Waals surface area contributed by atoms with E-state index in [9.17, 15) is 4.79 Å². The predicted octanol–water partition coefficient (Wildman–Crippen LogP) is 2.68. The number of hydrogen-bond acceptors (Lipinski definition) is 5. The highest BCUT2D eigenvalue weighted by molar-refractivity contribution is 7.99. The van der Waals surface area contributed by atoms with Gasteiger partial charge in [0.2, 0.25) is 5.91 Å². The van der Waals surface area contributed by atoms with Crippen molar-refractivity contribution in [2.75, 3.05) is 5.75 Å². The Hall–Kier alpha value is -1.89. The first-order chi connectivity index (χ1) is 11.2. The molecule has 0 unspecified atom stereocenters. The van der Waals surface area contributed by atoms with E-state index < -0.39 is 0 Å². The van der Waals surface area contributed by atoms with E-state index in [0.717, 1.165) is 35.8 Å². The van der Waals surface area contributed by atoms with E-state index in [1.807, 2.05) is 19.1 Å². The van der Waals surface area contributed by atoms with Gasteiger partial charge in [0.25, 0.3) is 0 Å². The molecule has 0 saturated heterocycles. The summed E-state index contributed by atoms with van der Waals surface area (Å²) in [6, 6.07) is 4.53. The molecule has 7 heteroatoms. The van der Waals surface area contributed by atoms with Gasteiger partial charge in [0.15, 0.2) is 11.0 Å². The van der Waals surface area contributed by atoms with Crippen molar-refractivity contribution in [1.82, 2.24) is 25.1 Å². The minimum Gasteiger partial charge on any atom is -0.353 e. The van der Waals surface area contributed by atoms with Crippen molar-refractivity contribution in [3.8, 4) is 11.4 Å². The summed E-state index contributed by atoms with van der Waals surface area (Å²) in [5.74, 6) is 1.24. The fraction of sp³-hybridized carbons (Fsp3) is 0.500. The molecule has 1 atom stereocenters. The first-order valence-corrected chi connectivity index (χ1v) is 8.95. The van der Waals surface area contributed by atoms with E-state index in [2.05, 4.69) is 32.0 Å². The standard InChI is InChI=1S/C16H21N5OS/c1-3-11(2)18-14(22)10-23-16-20-19-15(21(16)13-6-7-13)12-5-4-8-17-9-12/h4-5,8-9,11,13H,3,6-7,10H2,1-2H3,(H,18,22)/t11-/m0/s1. The molecular formula is C16H21N5OS. The number of rotatable bonds is 7. The molecule has 23 heavy (non-hydrogen) atoms. The lowest BCUT2D eigenvalue weighted by Gasteiger charge is -2.11. The molecule has 1 aliphatic rings. The minimum atomic E-state index is 0.0395. The number of pyridine rings is 1. The molecule has 0 aliphatic heterocycles. The largest absolute Gasteiger partial charge is 0.353 e. The summed E-state index contributed by atoms with van der Waals surface area (Å²) in [4.78, 5) is 16.1. The van der Waals surface area contributed by atoms with Gasteiger partial charge >= 0.3 is 0 Å². The Morgan fingerprint density at radius 1 is 1.48 bits per heavy atom. The van der Waals surface area contributed by atoms with Crippen molar-refractivity contribution in [1.29, 1.82) is 0 Å². The molecule has 0 aromatic carbocycles. The quantitative estimate of drug-likeness (QED) is 0.790. The second kappa shape index (κ2) is 7.12. The predicted molar refractivity (Wildman–Crippen MR) is 90.1 cm³/mol. The minimum absolute atomic E-state index is 0.0395. The van der Waals surface area contributed by atoms with Crippen LogP contribution in [0.2, 0.25) is 0 Å². The third kappa shape index (κ3) is 3.90. The van der Waals surface area contributed by atoms with Crippen molar-refractivity contribution < 1.29 is 4.79 Å². The fourth-order valence-corrected chi connectivity index (χ4v) is 3.09. The highest BCUT2D eigenvalue weighted by Crippen LogP contribution is 2.40. The van der Waals surface area contributed by atoms with Crippen LogP contribution < -0.4 is 5.32 Å². The van der Waals surface area contributed by atoms with Crippen LogP contribution in [0.15, 0.2) is 29.7 Å². The summed E-state index contributed by atoms with van der Waals surface area (Å²) in [6.45, 7) is 4.07. The van der Waals surface area contributed by atoms with E-state index in [4.69, 9.17) is 0 Å². The molecular weight excluding hydrogens is 310 g/mol. The highest BCUT2D eigenvalue weighted by Gasteiger charge is 2.30. The summed E-state index contributed by atoms with van der Waals surface area (Å²) in [5, 5.41) is 12.4. The molecule has 0 spiro atoms. The molecule has 6 nitrogen and oxygen atoms in total. The number of carbonyl (C=O) groups is 1. The van der Waals surface area contributed by atoms with Crippen molar-refractivity contribution in [2.45, 2.75) is 50.4 Å². The molecule has 1 fully saturated rings. The van der Waals surface area contributed by atoms with Crippen LogP contribution in [-0.4, -0.2) is 37.5 Å². The Morgan fingerprint density at radius 3 is 2.96 bits per heavy atom. The Kier molecular flexibility index (Phi) is 4.95. The normalized spacial score (nSPS) is 15.4. The maximum Gasteiger partial charge on any atom is 0.230 e. The molecule has 0 bridgehead atoms. The van der Waals surface area contributed by atoms with Gasteiger partial charge in [0.05, 0.1) is 5.75 Å². The number of amides is 1. The topological polar surface area (TPSA) is 72.7 Å². The zero-order chi connectivity index (χ0) is 16.2. The van der Waals surface area contributed by atoms with Gasteiger partial charge in [-0.15, -0.1) is 10.2 Å². The molecule has 1 saturated carbocycles. The van der Waals surface area contributed by atoms with E-state index in [-0.39, 0.29) is 11.9 Å². The summed E-state index contributed by atoms with van der Waals surface area (Å²) >= 11 is 1.45. The van der Waals surface area contributed by atoms with Crippen LogP contribution in [0.4, 0.5) is 0 Å². The summed E-state index contributed by atoms with van der Waals surface area (Å²) in [6.07, 6.45) is 6.75. The van der Waals surface area contributed by atoms with Gasteiger partial charge in [-0.05, 0) is 38.3 Å². The lowest BCUT2D eigenvalue weighted by molar-refractivity contribution is -0.119. The SMILES string of the molecule is CC[C@H](C)NC(=O)CSc1nnc(-c2cccnc2)n1C1CC1. The van der Waals surface area contributed by atoms with E-state index in [1.165, 1.54) is 11.8 Å². The second-order valence-corrected chi connectivity index (χ2v) is 6.76. The summed E-state index contributed by atoms with van der Waals surface area (Å²) in [7, 11) is 0. The van der Waals surface area contributed by atoms with E-state index >= 15 is 0 Å². The smallest absolute Gasteiger partial charge is 0.230 e. The molecule has 2 heterocycles. The second-order valence-electron chi connectivity index (χ2n) is 5.81. The van der Waals surface area contributed by atoms with Gasteiger partial charge in [-0.25, -0.2) is 0 Å². The fourth-order valence-electron chi connectivity index (χ4n) is 2.28. The third-order valence-electron chi connectivity index (χ3n) is 3.85. The maximum absolute atomic E-state index is 12.0. The molecule has 122 valence electrons. The van der Waals surface area contributed by atoms with Crippen LogP contribution in [0, 0.1) is 0 Å². The van der Waals surface area contributed by atoms with E-state index in [1.54, 1.807) is 12.4 Å². The lowest BCUT2D eigenvalue weighted by atomic mass is 10.3. The van der Waals surface area contributed by atoms with Gasteiger partial charge in [0.1, 0.15) is 0 Å². The number of thioether (sulfide) groups is 1. The summed E-state index contributed by atoms with van der Waals surface area (Å²) < 4.78 is 2.15. The first-order valence-electron chi connectivity index (χ1n) is 7.96.